The Morgan fingerprint density at radius 3 is 2.36 bits per heavy atom. The fourth-order valence-corrected chi connectivity index (χ4v) is 3.42. The molecule has 1 aromatic rings. The van der Waals surface area contributed by atoms with Crippen molar-refractivity contribution in [2.75, 3.05) is 54.6 Å². The van der Waals surface area contributed by atoms with Gasteiger partial charge < -0.3 is 29.7 Å². The topological polar surface area (TPSA) is 67.4 Å². The molecule has 0 aromatic heterocycles. The van der Waals surface area contributed by atoms with E-state index in [1.54, 1.807) is 21.3 Å². The van der Waals surface area contributed by atoms with Crippen LogP contribution < -0.4 is 24.8 Å². The van der Waals surface area contributed by atoms with Gasteiger partial charge in [0, 0.05) is 19.6 Å². The van der Waals surface area contributed by atoms with Crippen molar-refractivity contribution in [3.05, 3.63) is 17.7 Å². The van der Waals surface area contributed by atoms with Gasteiger partial charge in [-0.2, -0.15) is 0 Å². The van der Waals surface area contributed by atoms with E-state index < -0.39 is 0 Å². The van der Waals surface area contributed by atoms with Crippen molar-refractivity contribution in [1.82, 2.24) is 15.5 Å². The van der Waals surface area contributed by atoms with Crippen LogP contribution in [0.2, 0.25) is 0 Å². The number of nitrogens with zero attached hydrogens (tertiary/aromatic N) is 2. The zero-order chi connectivity index (χ0) is 19.6. The van der Waals surface area contributed by atoms with Crippen LogP contribution in [0.1, 0.15) is 25.3 Å². The highest BCUT2D eigenvalue weighted by molar-refractivity contribution is 14.0. The lowest BCUT2D eigenvalue weighted by atomic mass is 9.99. The smallest absolute Gasteiger partial charge is 0.203 e. The van der Waals surface area contributed by atoms with Crippen LogP contribution in [0.4, 0.5) is 0 Å². The van der Waals surface area contributed by atoms with Crippen LogP contribution in [0.5, 0.6) is 17.2 Å². The fourth-order valence-electron chi connectivity index (χ4n) is 3.42. The Kier molecular flexibility index (Phi) is 11.4. The average Bonchev–Trinajstić information content (AvgIpc) is 2.69. The van der Waals surface area contributed by atoms with Gasteiger partial charge >= 0.3 is 0 Å². The van der Waals surface area contributed by atoms with Crippen molar-refractivity contribution >= 4 is 29.9 Å². The lowest BCUT2D eigenvalue weighted by Gasteiger charge is -2.30. The van der Waals surface area contributed by atoms with E-state index in [9.17, 15) is 0 Å². The van der Waals surface area contributed by atoms with Gasteiger partial charge in [-0.15, -0.1) is 24.0 Å². The summed E-state index contributed by atoms with van der Waals surface area (Å²) in [6.45, 7) is 6.70. The molecule has 28 heavy (non-hydrogen) atoms. The molecule has 1 atom stereocenters. The first kappa shape index (κ1) is 24.6. The number of hydrogen-bond acceptors (Lipinski definition) is 5. The average molecular weight is 506 g/mol. The fraction of sp³-hybridized carbons (Fsp3) is 0.650. The van der Waals surface area contributed by atoms with E-state index in [-0.39, 0.29) is 24.0 Å². The van der Waals surface area contributed by atoms with Crippen molar-refractivity contribution in [1.29, 1.82) is 0 Å². The van der Waals surface area contributed by atoms with E-state index in [1.807, 2.05) is 12.1 Å². The predicted octanol–water partition coefficient (Wildman–Crippen LogP) is 2.73. The SMILES string of the molecule is CCNC(=NCc1cc(OC)c(OC)c(OC)c1)NCC1CCCN(C)C1.I. The number of halogens is 1. The molecule has 0 aliphatic carbocycles. The van der Waals surface area contributed by atoms with Crippen molar-refractivity contribution < 1.29 is 14.2 Å². The third-order valence-electron chi connectivity index (χ3n) is 4.77. The molecule has 0 saturated carbocycles. The Hall–Kier alpha value is -1.42. The quantitative estimate of drug-likeness (QED) is 0.321. The molecule has 0 amide bonds. The van der Waals surface area contributed by atoms with Gasteiger partial charge in [0.25, 0.3) is 0 Å². The maximum absolute atomic E-state index is 5.42. The van der Waals surface area contributed by atoms with Crippen molar-refractivity contribution in [3.63, 3.8) is 0 Å². The van der Waals surface area contributed by atoms with Gasteiger partial charge in [0.2, 0.25) is 5.75 Å². The Morgan fingerprint density at radius 1 is 1.14 bits per heavy atom. The summed E-state index contributed by atoms with van der Waals surface area (Å²) in [6.07, 6.45) is 2.53. The molecule has 8 heteroatoms. The molecule has 1 saturated heterocycles. The highest BCUT2D eigenvalue weighted by Crippen LogP contribution is 2.38. The molecule has 160 valence electrons. The van der Waals surface area contributed by atoms with Gasteiger partial charge in [-0.05, 0) is 57.0 Å². The third kappa shape index (κ3) is 7.20. The summed E-state index contributed by atoms with van der Waals surface area (Å²) in [4.78, 5) is 7.12. The minimum Gasteiger partial charge on any atom is -0.493 e. The number of guanidine groups is 1. The minimum atomic E-state index is 0. The first-order valence-electron chi connectivity index (χ1n) is 9.60. The molecule has 1 aliphatic rings. The summed E-state index contributed by atoms with van der Waals surface area (Å²) >= 11 is 0. The molecular weight excluding hydrogens is 471 g/mol. The number of benzene rings is 1. The van der Waals surface area contributed by atoms with Gasteiger partial charge in [-0.3, -0.25) is 0 Å². The summed E-state index contributed by atoms with van der Waals surface area (Å²) in [6, 6.07) is 3.87. The maximum atomic E-state index is 5.42. The van der Waals surface area contributed by atoms with Gasteiger partial charge in [-0.1, -0.05) is 0 Å². The highest BCUT2D eigenvalue weighted by Gasteiger charge is 2.17. The van der Waals surface area contributed by atoms with Gasteiger partial charge in [0.15, 0.2) is 17.5 Å². The van der Waals surface area contributed by atoms with E-state index in [4.69, 9.17) is 19.2 Å². The van der Waals surface area contributed by atoms with Gasteiger partial charge in [-0.25, -0.2) is 4.99 Å². The van der Waals surface area contributed by atoms with Crippen LogP contribution in [-0.2, 0) is 6.54 Å². The Balaban J connectivity index is 0.00000392. The first-order chi connectivity index (χ1) is 13.1. The first-order valence-corrected chi connectivity index (χ1v) is 9.60. The third-order valence-corrected chi connectivity index (χ3v) is 4.77. The maximum Gasteiger partial charge on any atom is 0.203 e. The molecule has 1 unspecified atom stereocenters. The summed E-state index contributed by atoms with van der Waals surface area (Å²) in [5.41, 5.74) is 0.999. The van der Waals surface area contributed by atoms with Crippen LogP contribution >= 0.6 is 24.0 Å². The predicted molar refractivity (Wildman–Crippen MR) is 125 cm³/mol. The second-order valence-corrected chi connectivity index (χ2v) is 6.88. The number of methoxy groups -OCH3 is 3. The lowest BCUT2D eigenvalue weighted by molar-refractivity contribution is 0.210. The minimum absolute atomic E-state index is 0. The number of likely N-dealkylation sites (tertiary alicyclic amines) is 1. The van der Waals surface area contributed by atoms with Gasteiger partial charge in [0.1, 0.15) is 0 Å². The number of ether oxygens (including phenoxy) is 3. The zero-order valence-electron chi connectivity index (χ0n) is 17.7. The summed E-state index contributed by atoms with van der Waals surface area (Å²) < 4.78 is 16.2. The molecule has 1 aromatic carbocycles. The van der Waals surface area contributed by atoms with E-state index in [1.165, 1.54) is 19.4 Å². The Morgan fingerprint density at radius 2 is 1.82 bits per heavy atom. The molecule has 7 nitrogen and oxygen atoms in total. The van der Waals surface area contributed by atoms with Crippen molar-refractivity contribution in [3.8, 4) is 17.2 Å². The lowest BCUT2D eigenvalue weighted by Crippen LogP contribution is -2.43. The molecule has 1 fully saturated rings. The van der Waals surface area contributed by atoms with Gasteiger partial charge in [0.05, 0.1) is 27.9 Å². The summed E-state index contributed by atoms with van der Waals surface area (Å²) in [7, 11) is 7.04. The summed E-state index contributed by atoms with van der Waals surface area (Å²) in [5, 5.41) is 6.81. The molecule has 2 N–H and O–H groups in total. The Bertz CT molecular complexity index is 602. The van der Waals surface area contributed by atoms with Crippen LogP contribution in [0.3, 0.4) is 0 Å². The highest BCUT2D eigenvalue weighted by atomic mass is 127. The van der Waals surface area contributed by atoms with E-state index in [0.717, 1.165) is 31.2 Å². The van der Waals surface area contributed by atoms with Crippen LogP contribution in [0, 0.1) is 5.92 Å². The number of nitrogens with one attached hydrogen (secondary N) is 2. The van der Waals surface area contributed by atoms with Crippen LogP contribution in [-0.4, -0.2) is 65.4 Å². The zero-order valence-corrected chi connectivity index (χ0v) is 20.0. The number of hydrogen-bond donors (Lipinski definition) is 2. The van der Waals surface area contributed by atoms with E-state index in [0.29, 0.717) is 29.7 Å². The van der Waals surface area contributed by atoms with E-state index >= 15 is 0 Å². The van der Waals surface area contributed by atoms with Crippen molar-refractivity contribution in [2.45, 2.75) is 26.3 Å². The normalized spacial score (nSPS) is 17.5. The molecule has 1 aliphatic heterocycles. The molecule has 2 rings (SSSR count). The largest absolute Gasteiger partial charge is 0.493 e. The standard InChI is InChI=1S/C20H34N4O3.HI/c1-6-21-20(22-12-15-8-7-9-24(2)14-15)23-13-16-10-17(25-3)19(27-5)18(11-16)26-4;/h10-11,15H,6-9,12-14H2,1-5H3,(H2,21,22,23);1H. The molecule has 0 radical (unpaired) electrons. The Labute approximate surface area is 186 Å². The molecule has 0 spiro atoms. The van der Waals surface area contributed by atoms with Crippen LogP contribution in [0.25, 0.3) is 0 Å². The second-order valence-electron chi connectivity index (χ2n) is 6.88. The second kappa shape index (κ2) is 12.9. The molecule has 0 bridgehead atoms. The van der Waals surface area contributed by atoms with E-state index in [2.05, 4.69) is 29.5 Å². The monoisotopic (exact) mass is 506 g/mol. The summed E-state index contributed by atoms with van der Waals surface area (Å²) in [5.74, 6) is 3.38. The number of piperidine rings is 1. The van der Waals surface area contributed by atoms with Crippen molar-refractivity contribution in [2.24, 2.45) is 10.9 Å². The molecule has 1 heterocycles. The van der Waals surface area contributed by atoms with Crippen LogP contribution in [0.15, 0.2) is 17.1 Å². The molecular formula is C20H35IN4O3. The number of aliphatic imine (C=N–C) groups is 1. The number of rotatable bonds is 8.